The number of benzene rings is 2. The molecule has 32 heavy (non-hydrogen) atoms. The van der Waals surface area contributed by atoms with E-state index in [1.807, 2.05) is 55.5 Å². The largest absolute Gasteiger partial charge is 0.433 e. The van der Waals surface area contributed by atoms with E-state index in [1.54, 1.807) is 4.90 Å². The number of nitrogens with zero attached hydrogens (tertiary/aromatic N) is 3. The van der Waals surface area contributed by atoms with Crippen LogP contribution in [0.1, 0.15) is 30.7 Å². The number of para-hydroxylation sites is 2. The Morgan fingerprint density at radius 1 is 1.03 bits per heavy atom. The number of hydrogen-bond donors (Lipinski definition) is 0. The van der Waals surface area contributed by atoms with E-state index in [-0.39, 0.29) is 17.6 Å². The molecule has 0 N–H and O–H groups in total. The Morgan fingerprint density at radius 3 is 2.41 bits per heavy atom. The van der Waals surface area contributed by atoms with Crippen LogP contribution in [0.3, 0.4) is 0 Å². The molecule has 1 aliphatic heterocycles. The fourth-order valence-electron chi connectivity index (χ4n) is 3.46. The van der Waals surface area contributed by atoms with E-state index < -0.39 is 4.92 Å². The minimum absolute atomic E-state index is 0.242. The van der Waals surface area contributed by atoms with Gasteiger partial charge in [-0.1, -0.05) is 50.2 Å². The molecule has 7 nitrogen and oxygen atoms in total. The number of nitro groups is 1. The number of amidine groups is 1. The second-order valence-electron chi connectivity index (χ2n) is 7.04. The third-order valence-electron chi connectivity index (χ3n) is 5.07. The average molecular weight is 448 g/mol. The molecule has 162 valence electrons. The van der Waals surface area contributed by atoms with Gasteiger partial charge in [0.1, 0.15) is 10.7 Å². The van der Waals surface area contributed by atoms with Crippen molar-refractivity contribution in [3.05, 3.63) is 92.6 Å². The zero-order valence-corrected chi connectivity index (χ0v) is 18.5. The van der Waals surface area contributed by atoms with Gasteiger partial charge in [-0.3, -0.25) is 19.8 Å². The first-order valence-corrected chi connectivity index (χ1v) is 11.1. The molecule has 2 heterocycles. The van der Waals surface area contributed by atoms with Crippen LogP contribution >= 0.6 is 11.8 Å². The molecule has 0 spiro atoms. The van der Waals surface area contributed by atoms with E-state index in [0.29, 0.717) is 10.1 Å². The van der Waals surface area contributed by atoms with Crippen molar-refractivity contribution in [2.24, 2.45) is 4.99 Å². The van der Waals surface area contributed by atoms with Gasteiger partial charge in [0.15, 0.2) is 5.17 Å². The van der Waals surface area contributed by atoms with Crippen molar-refractivity contribution >= 4 is 46.2 Å². The smallest absolute Gasteiger partial charge is 0.401 e. The van der Waals surface area contributed by atoms with Crippen molar-refractivity contribution in [3.8, 4) is 0 Å². The van der Waals surface area contributed by atoms with Crippen LogP contribution in [0.25, 0.3) is 6.08 Å². The lowest BCUT2D eigenvalue weighted by molar-refractivity contribution is -0.402. The van der Waals surface area contributed by atoms with Crippen molar-refractivity contribution in [2.75, 3.05) is 4.90 Å². The van der Waals surface area contributed by atoms with Crippen LogP contribution in [-0.2, 0) is 17.6 Å². The van der Waals surface area contributed by atoms with Crippen molar-refractivity contribution < 1.29 is 14.1 Å². The summed E-state index contributed by atoms with van der Waals surface area (Å²) in [5.41, 5.74) is 3.68. The molecule has 0 radical (unpaired) electrons. The van der Waals surface area contributed by atoms with E-state index in [0.717, 1.165) is 35.3 Å². The van der Waals surface area contributed by atoms with Crippen LogP contribution in [0, 0.1) is 10.1 Å². The highest BCUT2D eigenvalue weighted by Crippen LogP contribution is 2.39. The minimum atomic E-state index is -0.607. The molecule has 0 bridgehead atoms. The van der Waals surface area contributed by atoms with Gasteiger partial charge in [-0.05, 0) is 53.9 Å². The van der Waals surface area contributed by atoms with Gasteiger partial charge >= 0.3 is 5.88 Å². The van der Waals surface area contributed by atoms with Gasteiger partial charge in [-0.15, -0.1) is 0 Å². The Labute approximate surface area is 189 Å². The SMILES string of the molecule is CCc1ccccc1N=C1SC(=Cc2ccc([N+](=O)[O-])o2)C(=O)N1c1ccccc1CC. The molecule has 2 aromatic carbocycles. The number of hydrogen-bond acceptors (Lipinski definition) is 6. The Balaban J connectivity index is 1.82. The van der Waals surface area contributed by atoms with Crippen molar-refractivity contribution in [3.63, 3.8) is 0 Å². The fraction of sp³-hybridized carbons (Fsp3) is 0.167. The molecule has 1 fully saturated rings. The molecule has 4 rings (SSSR count). The number of rotatable bonds is 6. The van der Waals surface area contributed by atoms with Gasteiger partial charge in [-0.2, -0.15) is 0 Å². The number of anilines is 1. The summed E-state index contributed by atoms with van der Waals surface area (Å²) < 4.78 is 5.23. The predicted molar refractivity (Wildman–Crippen MR) is 127 cm³/mol. The molecule has 0 atom stereocenters. The Morgan fingerprint density at radius 2 is 1.72 bits per heavy atom. The highest BCUT2D eigenvalue weighted by molar-refractivity contribution is 8.19. The zero-order valence-electron chi connectivity index (χ0n) is 17.6. The maximum Gasteiger partial charge on any atom is 0.433 e. The maximum atomic E-state index is 13.5. The van der Waals surface area contributed by atoms with Crippen LogP contribution in [0.5, 0.6) is 0 Å². The number of carbonyl (C=O) groups excluding carboxylic acids is 1. The van der Waals surface area contributed by atoms with Crippen molar-refractivity contribution in [1.82, 2.24) is 0 Å². The molecule has 1 aromatic heterocycles. The first kappa shape index (κ1) is 21.6. The van der Waals surface area contributed by atoms with E-state index in [9.17, 15) is 14.9 Å². The summed E-state index contributed by atoms with van der Waals surface area (Å²) in [6.45, 7) is 4.10. The monoisotopic (exact) mass is 447 g/mol. The van der Waals surface area contributed by atoms with Gasteiger partial charge in [0.25, 0.3) is 5.91 Å². The maximum absolute atomic E-state index is 13.5. The van der Waals surface area contributed by atoms with E-state index in [2.05, 4.69) is 6.92 Å². The average Bonchev–Trinajstić information content (AvgIpc) is 3.39. The number of thioether (sulfide) groups is 1. The second kappa shape index (κ2) is 9.23. The summed E-state index contributed by atoms with van der Waals surface area (Å²) in [4.78, 5) is 30.6. The van der Waals surface area contributed by atoms with Crippen LogP contribution in [-0.4, -0.2) is 16.0 Å². The van der Waals surface area contributed by atoms with Gasteiger partial charge < -0.3 is 4.42 Å². The van der Waals surface area contributed by atoms with Crippen molar-refractivity contribution in [1.29, 1.82) is 0 Å². The third-order valence-corrected chi connectivity index (χ3v) is 6.04. The number of amides is 1. The first-order valence-electron chi connectivity index (χ1n) is 10.2. The zero-order chi connectivity index (χ0) is 22.7. The third kappa shape index (κ3) is 4.22. The summed E-state index contributed by atoms with van der Waals surface area (Å²) in [5, 5.41) is 11.5. The summed E-state index contributed by atoms with van der Waals surface area (Å²) >= 11 is 1.23. The highest BCUT2D eigenvalue weighted by atomic mass is 32.2. The Hall–Kier alpha value is -3.65. The lowest BCUT2D eigenvalue weighted by atomic mass is 10.1. The lowest BCUT2D eigenvalue weighted by Crippen LogP contribution is -2.29. The Bertz CT molecular complexity index is 1250. The molecular weight excluding hydrogens is 426 g/mol. The molecule has 1 saturated heterocycles. The Kier molecular flexibility index (Phi) is 6.23. The number of furan rings is 1. The van der Waals surface area contributed by atoms with E-state index >= 15 is 0 Å². The molecule has 1 amide bonds. The molecule has 8 heteroatoms. The molecule has 3 aromatic rings. The molecule has 0 unspecified atom stereocenters. The number of aliphatic imine (C=N–C) groups is 1. The molecule has 0 saturated carbocycles. The van der Waals surface area contributed by atoms with Gasteiger partial charge in [0.2, 0.25) is 0 Å². The van der Waals surface area contributed by atoms with E-state index in [4.69, 9.17) is 9.41 Å². The summed E-state index contributed by atoms with van der Waals surface area (Å²) in [7, 11) is 0. The van der Waals surface area contributed by atoms with Crippen LogP contribution in [0.4, 0.5) is 17.3 Å². The normalized spacial score (nSPS) is 16.3. The van der Waals surface area contributed by atoms with E-state index in [1.165, 1.54) is 30.0 Å². The van der Waals surface area contributed by atoms with Crippen LogP contribution < -0.4 is 4.90 Å². The first-order chi connectivity index (χ1) is 15.5. The minimum Gasteiger partial charge on any atom is -0.401 e. The quantitative estimate of drug-likeness (QED) is 0.258. The molecular formula is C24H21N3O4S. The van der Waals surface area contributed by atoms with Gasteiger partial charge in [0, 0.05) is 6.08 Å². The standard InChI is InChI=1S/C24H21N3O4S/c1-3-16-9-5-7-11-19(16)25-24-26(20-12-8-6-10-17(20)4-2)23(28)21(32-24)15-18-13-14-22(31-18)27(29)30/h5-15H,3-4H2,1-2H3. The highest BCUT2D eigenvalue weighted by Gasteiger charge is 2.36. The fourth-order valence-corrected chi connectivity index (χ4v) is 4.43. The predicted octanol–water partition coefficient (Wildman–Crippen LogP) is 6.12. The molecule has 0 aliphatic carbocycles. The lowest BCUT2D eigenvalue weighted by Gasteiger charge is -2.19. The van der Waals surface area contributed by atoms with Gasteiger partial charge in [-0.25, -0.2) is 4.99 Å². The second-order valence-corrected chi connectivity index (χ2v) is 8.05. The van der Waals surface area contributed by atoms with Crippen LogP contribution in [0.2, 0.25) is 0 Å². The molecule has 1 aliphatic rings. The summed E-state index contributed by atoms with van der Waals surface area (Å²) in [5.74, 6) is -0.375. The summed E-state index contributed by atoms with van der Waals surface area (Å²) in [6.07, 6.45) is 3.10. The number of carbonyl (C=O) groups is 1. The van der Waals surface area contributed by atoms with Crippen molar-refractivity contribution in [2.45, 2.75) is 26.7 Å². The summed E-state index contributed by atoms with van der Waals surface area (Å²) in [6, 6.07) is 18.3. The van der Waals surface area contributed by atoms with Crippen LogP contribution in [0.15, 0.2) is 75.0 Å². The topological polar surface area (TPSA) is 89.0 Å². The van der Waals surface area contributed by atoms with Gasteiger partial charge in [0.05, 0.1) is 22.3 Å². The number of aryl methyl sites for hydroxylation is 2.